The van der Waals surface area contributed by atoms with E-state index in [0.717, 1.165) is 12.0 Å². The normalized spacial score (nSPS) is 14.6. The molecule has 0 aliphatic carbocycles. The Hall–Kier alpha value is -3.46. The molecule has 0 bridgehead atoms. The van der Waals surface area contributed by atoms with E-state index in [2.05, 4.69) is 5.32 Å². The molecule has 1 heterocycles. The molecule has 1 amide bonds. The van der Waals surface area contributed by atoms with Crippen LogP contribution in [0.25, 0.3) is 0 Å². The van der Waals surface area contributed by atoms with Gasteiger partial charge in [0.25, 0.3) is 11.6 Å². The van der Waals surface area contributed by atoms with Gasteiger partial charge in [0.2, 0.25) is 0 Å². The lowest BCUT2D eigenvalue weighted by Gasteiger charge is -2.28. The maximum absolute atomic E-state index is 12.5. The van der Waals surface area contributed by atoms with Crippen molar-refractivity contribution in [1.82, 2.24) is 0 Å². The topological polar surface area (TPSA) is 111 Å². The highest BCUT2D eigenvalue weighted by Gasteiger charge is 2.25. The van der Waals surface area contributed by atoms with Crippen LogP contribution >= 0.6 is 0 Å². The number of nitro benzene ring substituents is 1. The number of carbonyl (C=O) groups excluding carboxylic acids is 2. The minimum Gasteiger partial charge on any atom is -0.449 e. The summed E-state index contributed by atoms with van der Waals surface area (Å²) in [6, 6.07) is 11.5. The van der Waals surface area contributed by atoms with Crippen LogP contribution in [0.1, 0.15) is 29.8 Å². The van der Waals surface area contributed by atoms with Crippen LogP contribution in [0.4, 0.5) is 17.1 Å². The van der Waals surface area contributed by atoms with E-state index in [9.17, 15) is 19.7 Å². The van der Waals surface area contributed by atoms with Crippen LogP contribution in [0.2, 0.25) is 0 Å². The molecular weight excluding hydrogens is 402 g/mol. The van der Waals surface area contributed by atoms with Crippen LogP contribution in [0.5, 0.6) is 0 Å². The van der Waals surface area contributed by atoms with Gasteiger partial charge in [-0.05, 0) is 43.2 Å². The molecule has 31 heavy (non-hydrogen) atoms. The molecule has 0 radical (unpaired) electrons. The minimum absolute atomic E-state index is 0.00987. The maximum atomic E-state index is 12.5. The Labute approximate surface area is 180 Å². The van der Waals surface area contributed by atoms with Gasteiger partial charge >= 0.3 is 5.97 Å². The number of amides is 1. The molecule has 2 aromatic carbocycles. The van der Waals surface area contributed by atoms with Gasteiger partial charge in [0, 0.05) is 24.8 Å². The third-order valence-corrected chi connectivity index (χ3v) is 5.04. The first-order valence-electron chi connectivity index (χ1n) is 10.1. The van der Waals surface area contributed by atoms with Gasteiger partial charge in [0.1, 0.15) is 5.69 Å². The van der Waals surface area contributed by atoms with Crippen LogP contribution in [0, 0.1) is 10.1 Å². The zero-order valence-corrected chi connectivity index (χ0v) is 17.5. The summed E-state index contributed by atoms with van der Waals surface area (Å²) >= 11 is 0. The van der Waals surface area contributed by atoms with Crippen LogP contribution in [-0.2, 0) is 20.7 Å². The van der Waals surface area contributed by atoms with Gasteiger partial charge in [-0.2, -0.15) is 0 Å². The molecule has 1 aliphatic rings. The molecule has 3 rings (SSSR count). The summed E-state index contributed by atoms with van der Waals surface area (Å²) in [6.45, 7) is 5.50. The SMILES string of the molecule is CCc1ccc(NC(=O)C(C)OC(=O)c2ccc(N3CCOCC3)c([N+](=O)[O-])c2)cc1. The fourth-order valence-electron chi connectivity index (χ4n) is 3.22. The highest BCUT2D eigenvalue weighted by Crippen LogP contribution is 2.30. The van der Waals surface area contributed by atoms with Crippen molar-refractivity contribution in [3.8, 4) is 0 Å². The second-order valence-corrected chi connectivity index (χ2v) is 7.15. The van der Waals surface area contributed by atoms with E-state index in [4.69, 9.17) is 9.47 Å². The van der Waals surface area contributed by atoms with Gasteiger partial charge in [-0.15, -0.1) is 0 Å². The number of ether oxygens (including phenoxy) is 2. The largest absolute Gasteiger partial charge is 0.449 e. The average molecular weight is 427 g/mol. The third-order valence-electron chi connectivity index (χ3n) is 5.04. The number of benzene rings is 2. The van der Waals surface area contributed by atoms with Crippen LogP contribution in [-0.4, -0.2) is 49.2 Å². The number of nitrogens with zero attached hydrogens (tertiary/aromatic N) is 2. The Bertz CT molecular complexity index is 954. The molecule has 1 aliphatic heterocycles. The van der Waals surface area contributed by atoms with E-state index in [0.29, 0.717) is 37.7 Å². The number of nitrogens with one attached hydrogen (secondary N) is 1. The summed E-state index contributed by atoms with van der Waals surface area (Å²) < 4.78 is 10.5. The standard InChI is InChI=1S/C22H25N3O6/c1-3-16-4-7-18(8-5-16)23-21(26)15(2)31-22(27)17-6-9-19(20(14-17)25(28)29)24-10-12-30-13-11-24/h4-9,14-15H,3,10-13H2,1-2H3,(H,23,26). The van der Waals surface area contributed by atoms with E-state index in [1.54, 1.807) is 12.1 Å². The number of nitro groups is 1. The number of hydrogen-bond acceptors (Lipinski definition) is 7. The van der Waals surface area contributed by atoms with Crippen molar-refractivity contribution in [3.63, 3.8) is 0 Å². The van der Waals surface area contributed by atoms with Gasteiger partial charge in [0.05, 0.1) is 23.7 Å². The smallest absolute Gasteiger partial charge is 0.339 e. The maximum Gasteiger partial charge on any atom is 0.339 e. The highest BCUT2D eigenvalue weighted by molar-refractivity contribution is 5.97. The number of anilines is 2. The molecule has 1 unspecified atom stereocenters. The molecule has 0 aromatic heterocycles. The molecule has 164 valence electrons. The van der Waals surface area contributed by atoms with Crippen molar-refractivity contribution in [2.24, 2.45) is 0 Å². The second-order valence-electron chi connectivity index (χ2n) is 7.15. The fourth-order valence-corrected chi connectivity index (χ4v) is 3.22. The predicted octanol–water partition coefficient (Wildman–Crippen LogP) is 3.18. The van der Waals surface area contributed by atoms with Crippen LogP contribution in [0.15, 0.2) is 42.5 Å². The lowest BCUT2D eigenvalue weighted by molar-refractivity contribution is -0.384. The summed E-state index contributed by atoms with van der Waals surface area (Å²) in [4.78, 5) is 37.7. The highest BCUT2D eigenvalue weighted by atomic mass is 16.6. The van der Waals surface area contributed by atoms with Gasteiger partial charge in [-0.25, -0.2) is 4.79 Å². The van der Waals surface area contributed by atoms with Gasteiger partial charge in [-0.1, -0.05) is 19.1 Å². The van der Waals surface area contributed by atoms with E-state index in [-0.39, 0.29) is 11.3 Å². The zero-order chi connectivity index (χ0) is 22.4. The quantitative estimate of drug-likeness (QED) is 0.410. The van der Waals surface area contributed by atoms with Gasteiger partial charge in [-0.3, -0.25) is 14.9 Å². The Kier molecular flexibility index (Phi) is 7.19. The van der Waals surface area contributed by atoms with Crippen molar-refractivity contribution in [3.05, 3.63) is 63.7 Å². The minimum atomic E-state index is -1.07. The lowest BCUT2D eigenvalue weighted by atomic mass is 10.1. The van der Waals surface area contributed by atoms with Gasteiger partial charge < -0.3 is 19.7 Å². The Morgan fingerprint density at radius 2 is 1.87 bits per heavy atom. The average Bonchev–Trinajstić information content (AvgIpc) is 2.79. The Morgan fingerprint density at radius 1 is 1.19 bits per heavy atom. The van der Waals surface area contributed by atoms with E-state index in [1.165, 1.54) is 25.1 Å². The summed E-state index contributed by atoms with van der Waals surface area (Å²) in [5.74, 6) is -1.29. The molecule has 1 atom stereocenters. The summed E-state index contributed by atoms with van der Waals surface area (Å²) in [5, 5.41) is 14.2. The summed E-state index contributed by atoms with van der Waals surface area (Å²) in [7, 11) is 0. The third kappa shape index (κ3) is 5.58. The number of morpholine rings is 1. The molecule has 1 saturated heterocycles. The fraction of sp³-hybridized carbons (Fsp3) is 0.364. The van der Waals surface area contributed by atoms with E-state index < -0.39 is 22.9 Å². The second kappa shape index (κ2) is 10.0. The van der Waals surface area contributed by atoms with Crippen molar-refractivity contribution in [1.29, 1.82) is 0 Å². The number of hydrogen-bond donors (Lipinski definition) is 1. The van der Waals surface area contributed by atoms with Crippen molar-refractivity contribution in [2.75, 3.05) is 36.5 Å². The molecule has 0 saturated carbocycles. The number of rotatable bonds is 7. The molecule has 9 heteroatoms. The lowest BCUT2D eigenvalue weighted by Crippen LogP contribution is -2.36. The zero-order valence-electron chi connectivity index (χ0n) is 17.5. The summed E-state index contributed by atoms with van der Waals surface area (Å²) in [6.07, 6.45) is -0.185. The first-order chi connectivity index (χ1) is 14.9. The Balaban J connectivity index is 1.67. The van der Waals surface area contributed by atoms with Crippen molar-refractivity contribution >= 4 is 28.9 Å². The molecular formula is C22H25N3O6. The van der Waals surface area contributed by atoms with Crippen LogP contribution < -0.4 is 10.2 Å². The Morgan fingerprint density at radius 3 is 2.48 bits per heavy atom. The number of aryl methyl sites for hydroxylation is 1. The van der Waals surface area contributed by atoms with Crippen molar-refractivity contribution in [2.45, 2.75) is 26.4 Å². The number of esters is 1. The number of carbonyl (C=O) groups is 2. The first-order valence-corrected chi connectivity index (χ1v) is 10.1. The van der Waals surface area contributed by atoms with Gasteiger partial charge in [0.15, 0.2) is 6.10 Å². The molecule has 0 spiro atoms. The van der Waals surface area contributed by atoms with E-state index in [1.807, 2.05) is 24.0 Å². The monoisotopic (exact) mass is 427 g/mol. The van der Waals surface area contributed by atoms with Crippen LogP contribution in [0.3, 0.4) is 0 Å². The summed E-state index contributed by atoms with van der Waals surface area (Å²) in [5.41, 5.74) is 1.97. The van der Waals surface area contributed by atoms with Crippen molar-refractivity contribution < 1.29 is 24.0 Å². The molecule has 1 fully saturated rings. The predicted molar refractivity (Wildman–Crippen MR) is 115 cm³/mol. The first kappa shape index (κ1) is 22.2. The molecule has 1 N–H and O–H groups in total. The van der Waals surface area contributed by atoms with E-state index >= 15 is 0 Å². The molecule has 9 nitrogen and oxygen atoms in total. The molecule has 2 aromatic rings.